The SMILES string of the molecule is COC(=O)c1cc(F)cc2cc(-c3ccc(CNC4CCN(C(=O)OC(C)(C)C)CC4)cc3)oc12. The number of piperidine rings is 1. The third-order valence-corrected chi connectivity index (χ3v) is 5.97. The van der Waals surface area contributed by atoms with Crippen molar-refractivity contribution in [3.05, 3.63) is 59.4 Å². The van der Waals surface area contributed by atoms with Crippen LogP contribution in [-0.2, 0) is 16.0 Å². The van der Waals surface area contributed by atoms with Gasteiger partial charge in [0.25, 0.3) is 0 Å². The van der Waals surface area contributed by atoms with Crippen molar-refractivity contribution in [1.82, 2.24) is 10.2 Å². The fourth-order valence-corrected chi connectivity index (χ4v) is 4.16. The van der Waals surface area contributed by atoms with Crippen molar-refractivity contribution < 1.29 is 27.9 Å². The van der Waals surface area contributed by atoms with E-state index in [9.17, 15) is 14.0 Å². The van der Waals surface area contributed by atoms with Crippen molar-refractivity contribution in [1.29, 1.82) is 0 Å². The van der Waals surface area contributed by atoms with Gasteiger partial charge in [0.2, 0.25) is 0 Å². The molecular weight excluding hydrogens is 451 g/mol. The highest BCUT2D eigenvalue weighted by Crippen LogP contribution is 2.31. The molecular formula is C27H31FN2O5. The zero-order valence-electron chi connectivity index (χ0n) is 20.5. The normalized spacial score (nSPS) is 14.8. The van der Waals surface area contributed by atoms with Crippen molar-refractivity contribution in [3.63, 3.8) is 0 Å². The fourth-order valence-electron chi connectivity index (χ4n) is 4.16. The van der Waals surface area contributed by atoms with Gasteiger partial charge in [0.05, 0.1) is 7.11 Å². The van der Waals surface area contributed by atoms with Gasteiger partial charge in [-0.1, -0.05) is 24.3 Å². The van der Waals surface area contributed by atoms with E-state index < -0.39 is 17.4 Å². The van der Waals surface area contributed by atoms with Gasteiger partial charge in [-0.25, -0.2) is 14.0 Å². The number of hydrogen-bond acceptors (Lipinski definition) is 6. The van der Waals surface area contributed by atoms with Gasteiger partial charge in [0.15, 0.2) is 0 Å². The van der Waals surface area contributed by atoms with E-state index in [1.807, 2.05) is 45.0 Å². The molecule has 7 nitrogen and oxygen atoms in total. The Morgan fingerprint density at radius 1 is 1.11 bits per heavy atom. The van der Waals surface area contributed by atoms with Crippen LogP contribution >= 0.6 is 0 Å². The highest BCUT2D eigenvalue weighted by atomic mass is 19.1. The van der Waals surface area contributed by atoms with E-state index in [0.29, 0.717) is 42.4 Å². The lowest BCUT2D eigenvalue weighted by molar-refractivity contribution is 0.0198. The minimum atomic E-state index is -0.645. The quantitative estimate of drug-likeness (QED) is 0.483. The van der Waals surface area contributed by atoms with Gasteiger partial charge in [-0.15, -0.1) is 0 Å². The molecule has 1 aliphatic rings. The van der Waals surface area contributed by atoms with Crippen molar-refractivity contribution in [2.24, 2.45) is 0 Å². The van der Waals surface area contributed by atoms with Crippen molar-refractivity contribution in [3.8, 4) is 11.3 Å². The lowest BCUT2D eigenvalue weighted by Crippen LogP contribution is -2.46. The number of carbonyl (C=O) groups excluding carboxylic acids is 2. The van der Waals surface area contributed by atoms with Crippen LogP contribution in [-0.4, -0.2) is 48.8 Å². The molecule has 1 saturated heterocycles. The maximum Gasteiger partial charge on any atom is 0.410 e. The number of halogens is 1. The molecule has 0 radical (unpaired) electrons. The van der Waals surface area contributed by atoms with Crippen LogP contribution in [0.2, 0.25) is 0 Å². The molecule has 1 amide bonds. The van der Waals surface area contributed by atoms with Crippen LogP contribution in [0.15, 0.2) is 46.9 Å². The Labute approximate surface area is 204 Å². The standard InChI is InChI=1S/C27H31FN2O5/c1-27(2,3)35-26(32)30-11-9-21(10-12-30)29-16-17-5-7-18(8-6-17)23-14-19-13-20(28)15-22(24(19)34-23)25(31)33-4/h5-8,13-15,21,29H,9-12,16H2,1-4H3. The zero-order chi connectivity index (χ0) is 25.2. The molecule has 2 heterocycles. The average molecular weight is 483 g/mol. The molecule has 1 fully saturated rings. The number of likely N-dealkylation sites (tertiary alicyclic amines) is 1. The van der Waals surface area contributed by atoms with Gasteiger partial charge in [0.1, 0.15) is 28.3 Å². The highest BCUT2D eigenvalue weighted by molar-refractivity contribution is 6.03. The zero-order valence-corrected chi connectivity index (χ0v) is 20.5. The average Bonchev–Trinajstić information content (AvgIpc) is 3.25. The summed E-state index contributed by atoms with van der Waals surface area (Å²) in [7, 11) is 1.25. The molecule has 0 aliphatic carbocycles. The summed E-state index contributed by atoms with van der Waals surface area (Å²) < 4.78 is 30.0. The minimum Gasteiger partial charge on any atom is -0.465 e. The van der Waals surface area contributed by atoms with Crippen molar-refractivity contribution in [2.45, 2.75) is 51.8 Å². The van der Waals surface area contributed by atoms with E-state index in [1.54, 1.807) is 11.0 Å². The molecule has 3 aromatic rings. The Morgan fingerprint density at radius 3 is 2.43 bits per heavy atom. The monoisotopic (exact) mass is 482 g/mol. The molecule has 0 bridgehead atoms. The maximum absolute atomic E-state index is 13.9. The summed E-state index contributed by atoms with van der Waals surface area (Å²) in [5.41, 5.74) is 1.82. The smallest absolute Gasteiger partial charge is 0.410 e. The predicted molar refractivity (Wildman–Crippen MR) is 131 cm³/mol. The van der Waals surface area contributed by atoms with E-state index in [0.717, 1.165) is 30.0 Å². The number of hydrogen-bond donors (Lipinski definition) is 1. The first-order valence-corrected chi connectivity index (χ1v) is 11.7. The van der Waals surface area contributed by atoms with Crippen LogP contribution in [0, 0.1) is 5.82 Å². The maximum atomic E-state index is 13.9. The van der Waals surface area contributed by atoms with Crippen molar-refractivity contribution in [2.75, 3.05) is 20.2 Å². The summed E-state index contributed by atoms with van der Waals surface area (Å²) in [6, 6.07) is 12.4. The molecule has 0 saturated carbocycles. The molecule has 2 aromatic carbocycles. The van der Waals surface area contributed by atoms with Crippen LogP contribution in [0.3, 0.4) is 0 Å². The second kappa shape index (κ2) is 10.1. The largest absolute Gasteiger partial charge is 0.465 e. The Hall–Kier alpha value is -3.39. The molecule has 35 heavy (non-hydrogen) atoms. The number of nitrogens with one attached hydrogen (secondary N) is 1. The molecule has 8 heteroatoms. The third-order valence-electron chi connectivity index (χ3n) is 5.97. The Morgan fingerprint density at radius 2 is 1.80 bits per heavy atom. The van der Waals surface area contributed by atoms with E-state index >= 15 is 0 Å². The molecule has 1 aromatic heterocycles. The van der Waals surface area contributed by atoms with Gasteiger partial charge in [0, 0.05) is 36.6 Å². The molecule has 1 N–H and O–H groups in total. The second-order valence-corrected chi connectivity index (χ2v) is 9.79. The Bertz CT molecular complexity index is 1200. The number of furan rings is 1. The van der Waals surface area contributed by atoms with Gasteiger partial charge >= 0.3 is 12.1 Å². The molecule has 4 rings (SSSR count). The highest BCUT2D eigenvalue weighted by Gasteiger charge is 2.26. The Balaban J connectivity index is 1.35. The number of nitrogens with zero attached hydrogens (tertiary/aromatic N) is 1. The Kier molecular flexibility index (Phi) is 7.12. The van der Waals surface area contributed by atoms with Crippen LogP contribution in [0.25, 0.3) is 22.3 Å². The summed E-state index contributed by atoms with van der Waals surface area (Å²) in [4.78, 5) is 26.0. The lowest BCUT2D eigenvalue weighted by Gasteiger charge is -2.33. The number of benzene rings is 2. The van der Waals surface area contributed by atoms with Gasteiger partial charge < -0.3 is 24.1 Å². The first-order valence-electron chi connectivity index (χ1n) is 11.7. The lowest BCUT2D eigenvalue weighted by atomic mass is 10.0. The number of rotatable bonds is 5. The van der Waals surface area contributed by atoms with Gasteiger partial charge in [-0.2, -0.15) is 0 Å². The number of methoxy groups -OCH3 is 1. The number of carbonyl (C=O) groups is 2. The van der Waals surface area contributed by atoms with Gasteiger partial charge in [-0.3, -0.25) is 0 Å². The summed E-state index contributed by atoms with van der Waals surface area (Å²) in [6.45, 7) is 7.67. The van der Waals surface area contributed by atoms with E-state index in [4.69, 9.17) is 13.9 Å². The molecule has 0 atom stereocenters. The second-order valence-electron chi connectivity index (χ2n) is 9.79. The van der Waals surface area contributed by atoms with Crippen LogP contribution in [0.1, 0.15) is 49.5 Å². The van der Waals surface area contributed by atoms with E-state index in [-0.39, 0.29) is 11.7 Å². The minimum absolute atomic E-state index is 0.0623. The summed E-state index contributed by atoms with van der Waals surface area (Å²) in [5, 5.41) is 4.07. The summed E-state index contributed by atoms with van der Waals surface area (Å²) in [6.07, 6.45) is 1.49. The molecule has 0 spiro atoms. The predicted octanol–water partition coefficient (Wildman–Crippen LogP) is 5.51. The van der Waals surface area contributed by atoms with Crippen LogP contribution in [0.4, 0.5) is 9.18 Å². The molecule has 186 valence electrons. The number of ether oxygens (including phenoxy) is 2. The van der Waals surface area contributed by atoms with Crippen molar-refractivity contribution >= 4 is 23.0 Å². The topological polar surface area (TPSA) is 81.0 Å². The number of fused-ring (bicyclic) bond motifs is 1. The van der Waals surface area contributed by atoms with Crippen LogP contribution in [0.5, 0.6) is 0 Å². The van der Waals surface area contributed by atoms with Crippen LogP contribution < -0.4 is 5.32 Å². The number of amides is 1. The van der Waals surface area contributed by atoms with E-state index in [2.05, 4.69) is 5.32 Å². The summed E-state index contributed by atoms with van der Waals surface area (Å²) in [5.74, 6) is -0.623. The third kappa shape index (κ3) is 6.00. The first kappa shape index (κ1) is 24.7. The van der Waals surface area contributed by atoms with Gasteiger partial charge in [-0.05, 0) is 57.4 Å². The number of esters is 1. The van der Waals surface area contributed by atoms with E-state index in [1.165, 1.54) is 13.2 Å². The molecule has 1 aliphatic heterocycles. The molecule has 0 unspecified atom stereocenters. The fraction of sp³-hybridized carbons (Fsp3) is 0.407. The first-order chi connectivity index (χ1) is 16.6. The summed E-state index contributed by atoms with van der Waals surface area (Å²) >= 11 is 0.